The van der Waals surface area contributed by atoms with Gasteiger partial charge in [0.2, 0.25) is 0 Å². The molecule has 1 fully saturated rings. The number of hydrogen-bond donors (Lipinski definition) is 1. The number of nitro groups is 1. The number of rotatable bonds is 4. The van der Waals surface area contributed by atoms with E-state index in [9.17, 15) is 14.9 Å². The van der Waals surface area contributed by atoms with Gasteiger partial charge >= 0.3 is 0 Å². The van der Waals surface area contributed by atoms with E-state index >= 15 is 0 Å². The SMILES string of the molecule is CC1CCCN(c2ccc(C(=O)Nc3ccccc3)cc2[N+](=O)[O-])C1. The van der Waals surface area contributed by atoms with Crippen LogP contribution in [0.3, 0.4) is 0 Å². The van der Waals surface area contributed by atoms with Crippen molar-refractivity contribution in [3.8, 4) is 0 Å². The molecule has 0 radical (unpaired) electrons. The molecule has 0 saturated carbocycles. The van der Waals surface area contributed by atoms with Gasteiger partial charge in [-0.05, 0) is 43.0 Å². The summed E-state index contributed by atoms with van der Waals surface area (Å²) in [5.74, 6) is 0.155. The lowest BCUT2D eigenvalue weighted by atomic mass is 9.99. The molecule has 1 heterocycles. The minimum absolute atomic E-state index is 0.0187. The Morgan fingerprint density at radius 1 is 1.24 bits per heavy atom. The van der Waals surface area contributed by atoms with Gasteiger partial charge in [-0.15, -0.1) is 0 Å². The molecule has 6 heteroatoms. The van der Waals surface area contributed by atoms with Crippen molar-refractivity contribution in [1.29, 1.82) is 0 Å². The highest BCUT2D eigenvalue weighted by Crippen LogP contribution is 2.32. The van der Waals surface area contributed by atoms with Crippen LogP contribution in [0.15, 0.2) is 48.5 Å². The van der Waals surface area contributed by atoms with Crippen molar-refractivity contribution in [2.75, 3.05) is 23.3 Å². The van der Waals surface area contributed by atoms with E-state index in [1.807, 2.05) is 23.1 Å². The fraction of sp³-hybridized carbons (Fsp3) is 0.316. The highest BCUT2D eigenvalue weighted by molar-refractivity contribution is 6.05. The maximum atomic E-state index is 12.4. The minimum atomic E-state index is -0.409. The topological polar surface area (TPSA) is 75.5 Å². The Balaban J connectivity index is 1.86. The molecule has 1 unspecified atom stereocenters. The van der Waals surface area contributed by atoms with Gasteiger partial charge in [-0.1, -0.05) is 25.1 Å². The van der Waals surface area contributed by atoms with Crippen LogP contribution in [0.5, 0.6) is 0 Å². The Morgan fingerprint density at radius 2 is 2.00 bits per heavy atom. The zero-order valence-electron chi connectivity index (χ0n) is 14.1. The number of carbonyl (C=O) groups is 1. The second-order valence-corrected chi connectivity index (χ2v) is 6.47. The molecule has 0 aromatic heterocycles. The maximum Gasteiger partial charge on any atom is 0.293 e. The summed E-state index contributed by atoms with van der Waals surface area (Å²) in [5.41, 5.74) is 1.51. The molecule has 130 valence electrons. The van der Waals surface area contributed by atoms with E-state index < -0.39 is 4.92 Å². The molecule has 0 aliphatic carbocycles. The van der Waals surface area contributed by atoms with Crippen LogP contribution in [0, 0.1) is 16.0 Å². The third-order valence-electron chi connectivity index (χ3n) is 4.46. The van der Waals surface area contributed by atoms with Gasteiger partial charge in [0.15, 0.2) is 0 Å². The fourth-order valence-corrected chi connectivity index (χ4v) is 3.21. The quantitative estimate of drug-likeness (QED) is 0.672. The summed E-state index contributed by atoms with van der Waals surface area (Å²) in [7, 11) is 0. The van der Waals surface area contributed by atoms with Gasteiger partial charge in [-0.25, -0.2) is 0 Å². The van der Waals surface area contributed by atoms with Crippen molar-refractivity contribution in [3.63, 3.8) is 0 Å². The third-order valence-corrected chi connectivity index (χ3v) is 4.46. The number of carbonyl (C=O) groups excluding carboxylic acids is 1. The minimum Gasteiger partial charge on any atom is -0.366 e. The first kappa shape index (κ1) is 17.0. The van der Waals surface area contributed by atoms with Crippen LogP contribution in [0.25, 0.3) is 0 Å². The summed E-state index contributed by atoms with van der Waals surface area (Å²) in [6, 6.07) is 13.8. The normalized spacial score (nSPS) is 17.2. The summed E-state index contributed by atoms with van der Waals surface area (Å²) in [6.07, 6.45) is 2.16. The fourth-order valence-electron chi connectivity index (χ4n) is 3.21. The van der Waals surface area contributed by atoms with Crippen LogP contribution < -0.4 is 10.2 Å². The number of hydrogen-bond acceptors (Lipinski definition) is 4. The van der Waals surface area contributed by atoms with Crippen molar-refractivity contribution >= 4 is 23.0 Å². The molecule has 1 N–H and O–H groups in total. The number of nitro benzene ring substituents is 1. The lowest BCUT2D eigenvalue weighted by Gasteiger charge is -2.32. The third kappa shape index (κ3) is 3.96. The van der Waals surface area contributed by atoms with E-state index in [0.717, 1.165) is 25.9 Å². The first-order chi connectivity index (χ1) is 12.0. The number of benzene rings is 2. The Bertz CT molecular complexity index is 777. The van der Waals surface area contributed by atoms with Crippen LogP contribution in [0.2, 0.25) is 0 Å². The van der Waals surface area contributed by atoms with E-state index in [-0.39, 0.29) is 17.2 Å². The number of nitrogens with zero attached hydrogens (tertiary/aromatic N) is 2. The van der Waals surface area contributed by atoms with E-state index in [1.54, 1.807) is 24.3 Å². The molecule has 6 nitrogen and oxygen atoms in total. The monoisotopic (exact) mass is 339 g/mol. The van der Waals surface area contributed by atoms with Crippen LogP contribution in [-0.2, 0) is 0 Å². The van der Waals surface area contributed by atoms with Crippen molar-refractivity contribution < 1.29 is 9.72 Å². The molecular formula is C19H21N3O3. The van der Waals surface area contributed by atoms with E-state index in [2.05, 4.69) is 12.2 Å². The van der Waals surface area contributed by atoms with Crippen molar-refractivity contribution in [3.05, 3.63) is 64.2 Å². The lowest BCUT2D eigenvalue weighted by Crippen LogP contribution is -2.34. The van der Waals surface area contributed by atoms with E-state index in [1.165, 1.54) is 6.07 Å². The van der Waals surface area contributed by atoms with Gasteiger partial charge in [-0.3, -0.25) is 14.9 Å². The highest BCUT2D eigenvalue weighted by atomic mass is 16.6. The zero-order chi connectivity index (χ0) is 17.8. The Labute approximate surface area is 146 Å². The summed E-state index contributed by atoms with van der Waals surface area (Å²) >= 11 is 0. The first-order valence-corrected chi connectivity index (χ1v) is 8.44. The molecule has 1 amide bonds. The Hall–Kier alpha value is -2.89. The van der Waals surface area contributed by atoms with Crippen molar-refractivity contribution in [1.82, 2.24) is 0 Å². The first-order valence-electron chi connectivity index (χ1n) is 8.44. The highest BCUT2D eigenvalue weighted by Gasteiger charge is 2.25. The molecular weight excluding hydrogens is 318 g/mol. The van der Waals surface area contributed by atoms with Gasteiger partial charge in [0.25, 0.3) is 11.6 Å². The van der Waals surface area contributed by atoms with Crippen molar-refractivity contribution in [2.45, 2.75) is 19.8 Å². The standard InChI is InChI=1S/C19H21N3O3/c1-14-6-5-11-21(13-14)17-10-9-15(12-18(17)22(24)25)19(23)20-16-7-3-2-4-8-16/h2-4,7-10,12,14H,5-6,11,13H2,1H3,(H,20,23). The smallest absolute Gasteiger partial charge is 0.293 e. The van der Waals surface area contributed by atoms with E-state index in [4.69, 9.17) is 0 Å². The molecule has 3 rings (SSSR count). The van der Waals surface area contributed by atoms with Gasteiger partial charge < -0.3 is 10.2 Å². The summed E-state index contributed by atoms with van der Waals surface area (Å²) < 4.78 is 0. The van der Waals surface area contributed by atoms with Gasteiger partial charge in [0.1, 0.15) is 5.69 Å². The molecule has 2 aromatic rings. The number of piperidine rings is 1. The van der Waals surface area contributed by atoms with Gasteiger partial charge in [0.05, 0.1) is 4.92 Å². The second kappa shape index (κ2) is 7.34. The predicted molar refractivity (Wildman–Crippen MR) is 98.1 cm³/mol. The van der Waals surface area contributed by atoms with Gasteiger partial charge in [-0.2, -0.15) is 0 Å². The van der Waals surface area contributed by atoms with Crippen LogP contribution >= 0.6 is 0 Å². The average Bonchev–Trinajstić information content (AvgIpc) is 2.62. The average molecular weight is 339 g/mol. The molecule has 1 aliphatic rings. The van der Waals surface area contributed by atoms with Crippen LogP contribution in [0.4, 0.5) is 17.1 Å². The Morgan fingerprint density at radius 3 is 2.68 bits per heavy atom. The number of nitrogens with one attached hydrogen (secondary N) is 1. The molecule has 1 aliphatic heterocycles. The number of amides is 1. The molecule has 0 bridgehead atoms. The van der Waals surface area contributed by atoms with Gasteiger partial charge in [0, 0.05) is 30.4 Å². The maximum absolute atomic E-state index is 12.4. The second-order valence-electron chi connectivity index (χ2n) is 6.47. The molecule has 25 heavy (non-hydrogen) atoms. The van der Waals surface area contributed by atoms with Crippen LogP contribution in [-0.4, -0.2) is 23.9 Å². The number of anilines is 2. The van der Waals surface area contributed by atoms with Crippen molar-refractivity contribution in [2.24, 2.45) is 5.92 Å². The molecule has 1 atom stereocenters. The van der Waals surface area contributed by atoms with E-state index in [0.29, 0.717) is 17.3 Å². The lowest BCUT2D eigenvalue weighted by molar-refractivity contribution is -0.384. The molecule has 1 saturated heterocycles. The summed E-state index contributed by atoms with van der Waals surface area (Å²) in [6.45, 7) is 3.76. The summed E-state index contributed by atoms with van der Waals surface area (Å²) in [5, 5.41) is 14.3. The molecule has 2 aromatic carbocycles. The van der Waals surface area contributed by atoms with Crippen LogP contribution in [0.1, 0.15) is 30.1 Å². The molecule has 0 spiro atoms. The number of para-hydroxylation sites is 1. The summed E-state index contributed by atoms with van der Waals surface area (Å²) in [4.78, 5) is 25.5. The zero-order valence-corrected chi connectivity index (χ0v) is 14.1. The largest absolute Gasteiger partial charge is 0.366 e. The Kier molecular flexibility index (Phi) is 4.97. The predicted octanol–water partition coefficient (Wildman–Crippen LogP) is 4.08.